The second kappa shape index (κ2) is 18.1. The van der Waals surface area contributed by atoms with Crippen molar-refractivity contribution in [1.82, 2.24) is 0 Å². The number of para-hydroxylation sites is 1. The molecule has 7 aromatic rings. The fraction of sp³-hybridized carbons (Fsp3) is 0.286. The van der Waals surface area contributed by atoms with Gasteiger partial charge in [0.2, 0.25) is 0 Å². The Bertz CT molecular complexity index is 2400. The molecule has 5 heteroatoms. The Kier molecular flexibility index (Phi) is 13.6. The summed E-state index contributed by atoms with van der Waals surface area (Å²) in [6.07, 6.45) is 5.85. The Morgan fingerprint density at radius 3 is 2.09 bits per heavy atom. The zero-order chi connectivity index (χ0) is 37.6. The van der Waals surface area contributed by atoms with Crippen LogP contribution in [0, 0.1) is 30.9 Å². The van der Waals surface area contributed by atoms with Gasteiger partial charge < -0.3 is 14.1 Å². The van der Waals surface area contributed by atoms with Gasteiger partial charge in [0, 0.05) is 55.8 Å². The minimum absolute atomic E-state index is 0. The maximum atomic E-state index is 11.7. The summed E-state index contributed by atoms with van der Waals surface area (Å²) in [6.45, 7) is 12.6. The number of aromatic nitrogens is 1. The van der Waals surface area contributed by atoms with Crippen LogP contribution >= 0.6 is 0 Å². The Labute approximate surface area is 334 Å². The molecule has 54 heavy (non-hydrogen) atoms. The first-order valence-electron chi connectivity index (χ1n) is 19.3. The topological polar surface area (TPSA) is 54.3 Å². The molecule has 0 spiro atoms. The number of carbonyl (C=O) groups excluding carboxylic acids is 1. The van der Waals surface area contributed by atoms with Crippen LogP contribution in [0.3, 0.4) is 0 Å². The average Bonchev–Trinajstić information content (AvgIpc) is 3.54. The standard InChI is InChI=1S/C36H28NO.C13H24O2.Ir/c1-23(2)19-24-20-30-28-15-9-10-16-34(28)38-36(30)31(21-24)33-22-29(25-11-5-4-6-12-25)35-27-14-8-7-13-26(27)17-18-32(35)37(33)3;1-5-10(6-2)12(14)9-13(15)11(7-3)8-4;/h4-18,20,22-23H,3,19H2,1-2H3;9-11,14H,5-8H2,1-4H3;/q-1;;/b;12-9-;. The van der Waals surface area contributed by atoms with Gasteiger partial charge >= 0.3 is 0 Å². The second-order valence-corrected chi connectivity index (χ2v) is 14.5. The van der Waals surface area contributed by atoms with Gasteiger partial charge in [-0.05, 0) is 83.7 Å². The van der Waals surface area contributed by atoms with Crippen molar-refractivity contribution in [2.24, 2.45) is 17.8 Å². The van der Waals surface area contributed by atoms with Crippen LogP contribution in [0.1, 0.15) is 72.8 Å². The first-order chi connectivity index (χ1) is 25.7. The average molecular weight is 895 g/mol. The number of hydrogen-bond donors (Lipinski definition) is 1. The number of hydrogen-bond acceptors (Lipinski definition) is 3. The van der Waals surface area contributed by atoms with Crippen LogP contribution in [0.5, 0.6) is 0 Å². The predicted octanol–water partition coefficient (Wildman–Crippen LogP) is 13.0. The van der Waals surface area contributed by atoms with Crippen molar-refractivity contribution in [2.75, 3.05) is 0 Å². The fourth-order valence-electron chi connectivity index (χ4n) is 7.57. The molecule has 5 aromatic carbocycles. The minimum atomic E-state index is 0. The summed E-state index contributed by atoms with van der Waals surface area (Å²) in [5, 5.41) is 15.7. The van der Waals surface area contributed by atoms with E-state index in [0.717, 1.165) is 70.8 Å². The van der Waals surface area contributed by atoms with E-state index in [4.69, 9.17) is 4.42 Å². The molecule has 0 saturated heterocycles. The number of carbonyl (C=O) groups is 1. The number of aliphatic hydroxyl groups is 1. The van der Waals surface area contributed by atoms with E-state index in [2.05, 4.69) is 123 Å². The fourth-order valence-corrected chi connectivity index (χ4v) is 7.57. The monoisotopic (exact) mass is 895 g/mol. The molecule has 7 rings (SSSR count). The van der Waals surface area contributed by atoms with Crippen LogP contribution in [0.25, 0.3) is 66.0 Å². The predicted molar refractivity (Wildman–Crippen MR) is 222 cm³/mol. The molecule has 2 aromatic heterocycles. The van der Waals surface area contributed by atoms with Gasteiger partial charge in [-0.3, -0.25) is 4.79 Å². The molecule has 281 valence electrons. The van der Waals surface area contributed by atoms with Crippen LogP contribution < -0.4 is 4.57 Å². The first-order valence-corrected chi connectivity index (χ1v) is 19.3. The maximum Gasteiger partial charge on any atom is 0.162 e. The van der Waals surface area contributed by atoms with Crippen LogP contribution in [0.4, 0.5) is 0 Å². The third-order valence-electron chi connectivity index (χ3n) is 10.6. The molecule has 0 aliphatic rings. The van der Waals surface area contributed by atoms with Crippen molar-refractivity contribution >= 4 is 49.4 Å². The molecular weight excluding hydrogens is 843 g/mol. The van der Waals surface area contributed by atoms with E-state index >= 15 is 0 Å². The Morgan fingerprint density at radius 1 is 0.796 bits per heavy atom. The van der Waals surface area contributed by atoms with Crippen molar-refractivity contribution in [3.05, 3.63) is 134 Å². The molecule has 0 amide bonds. The maximum absolute atomic E-state index is 11.7. The number of furan rings is 1. The molecule has 0 aliphatic heterocycles. The number of ketones is 1. The number of rotatable bonds is 11. The minimum Gasteiger partial charge on any atom is -0.512 e. The smallest absolute Gasteiger partial charge is 0.162 e. The van der Waals surface area contributed by atoms with E-state index < -0.39 is 0 Å². The van der Waals surface area contributed by atoms with Gasteiger partial charge in [-0.25, -0.2) is 0 Å². The number of aliphatic hydroxyl groups excluding tert-OH is 1. The van der Waals surface area contributed by atoms with Crippen LogP contribution in [0.2, 0.25) is 0 Å². The summed E-state index contributed by atoms with van der Waals surface area (Å²) < 4.78 is 8.57. The molecule has 0 atom stereocenters. The number of fused-ring (bicyclic) bond motifs is 6. The number of allylic oxidation sites excluding steroid dienone is 2. The summed E-state index contributed by atoms with van der Waals surface area (Å²) in [4.78, 5) is 11.7. The van der Waals surface area contributed by atoms with E-state index in [1.54, 1.807) is 0 Å². The quantitative estimate of drug-likeness (QED) is 0.0463. The van der Waals surface area contributed by atoms with Crippen LogP contribution in [-0.4, -0.2) is 10.9 Å². The SMILES string of the molecule is CCC(CC)C(=O)/C=C(\O)C(CC)CC.[CH2-][n+]1c(-c2[c-]c(CC(C)C)cc3c2oc2ccccc23)cc(-c2ccccc2)c2c3ccccc3ccc21.[Ir]. The van der Waals surface area contributed by atoms with Gasteiger partial charge in [0.15, 0.2) is 5.78 Å². The van der Waals surface area contributed by atoms with Crippen molar-refractivity contribution in [1.29, 1.82) is 0 Å². The van der Waals surface area contributed by atoms with Crippen LogP contribution in [0.15, 0.2) is 119 Å². The van der Waals surface area contributed by atoms with Crippen molar-refractivity contribution in [2.45, 2.75) is 73.6 Å². The van der Waals surface area contributed by atoms with E-state index in [1.807, 2.05) is 39.8 Å². The largest absolute Gasteiger partial charge is 0.512 e. The summed E-state index contributed by atoms with van der Waals surface area (Å²) in [6, 6.07) is 40.2. The molecule has 0 bridgehead atoms. The number of pyridine rings is 1. The third kappa shape index (κ3) is 8.33. The van der Waals surface area contributed by atoms with E-state index in [0.29, 0.717) is 5.92 Å². The zero-order valence-corrected chi connectivity index (χ0v) is 34.8. The van der Waals surface area contributed by atoms with E-state index in [9.17, 15) is 9.90 Å². The molecule has 2 heterocycles. The van der Waals surface area contributed by atoms with Gasteiger partial charge in [0.05, 0.1) is 11.3 Å². The second-order valence-electron chi connectivity index (χ2n) is 14.5. The van der Waals surface area contributed by atoms with Crippen LogP contribution in [-0.2, 0) is 31.3 Å². The van der Waals surface area contributed by atoms with Gasteiger partial charge in [-0.15, -0.1) is 17.7 Å². The molecule has 0 saturated carbocycles. The van der Waals surface area contributed by atoms with Crippen molar-refractivity contribution in [3.63, 3.8) is 0 Å². The van der Waals surface area contributed by atoms with E-state index in [1.165, 1.54) is 38.9 Å². The molecular formula is C49H52IrNO3-. The third-order valence-corrected chi connectivity index (χ3v) is 10.6. The van der Waals surface area contributed by atoms with Gasteiger partial charge in [0.25, 0.3) is 0 Å². The Balaban J connectivity index is 0.000000301. The molecule has 1 N–H and O–H groups in total. The zero-order valence-electron chi connectivity index (χ0n) is 32.4. The molecule has 0 fully saturated rings. The molecule has 4 nitrogen and oxygen atoms in total. The Hall–Kier alpha value is -4.70. The first kappa shape index (κ1) is 40.5. The van der Waals surface area contributed by atoms with Gasteiger partial charge in [-0.1, -0.05) is 126 Å². The van der Waals surface area contributed by atoms with Gasteiger partial charge in [0.1, 0.15) is 16.8 Å². The molecule has 1 radical (unpaired) electrons. The normalized spacial score (nSPS) is 11.8. The molecule has 0 aliphatic carbocycles. The van der Waals surface area contributed by atoms with Crippen molar-refractivity contribution in [3.8, 4) is 22.4 Å². The molecule has 0 unspecified atom stereocenters. The number of benzene rings is 5. The van der Waals surface area contributed by atoms with Crippen molar-refractivity contribution < 1.29 is 39.0 Å². The summed E-state index contributed by atoms with van der Waals surface area (Å²) in [7, 11) is 4.57. The summed E-state index contributed by atoms with van der Waals surface area (Å²) in [5.74, 6) is 1.07. The van der Waals surface area contributed by atoms with Gasteiger partial charge in [-0.2, -0.15) is 0 Å². The summed E-state index contributed by atoms with van der Waals surface area (Å²) >= 11 is 0. The Morgan fingerprint density at radius 2 is 1.43 bits per heavy atom. The number of nitrogens with zero attached hydrogens (tertiary/aromatic N) is 1. The van der Waals surface area contributed by atoms with E-state index in [-0.39, 0.29) is 43.5 Å². The summed E-state index contributed by atoms with van der Waals surface area (Å²) in [5.41, 5.74) is 8.31.